The Balaban J connectivity index is 1.29. The van der Waals surface area contributed by atoms with Gasteiger partial charge in [0.1, 0.15) is 5.82 Å². The number of rotatable bonds is 7. The minimum absolute atomic E-state index is 0.0388. The zero-order chi connectivity index (χ0) is 29.0. The number of amides is 2. The molecule has 5 heterocycles. The number of piperidine rings is 2. The number of halogens is 1. The average Bonchev–Trinajstić information content (AvgIpc) is 3.32. The predicted molar refractivity (Wildman–Crippen MR) is 155 cm³/mol. The summed E-state index contributed by atoms with van der Waals surface area (Å²) in [6, 6.07) is 6.11. The second-order valence-electron chi connectivity index (χ2n) is 12.4. The third-order valence-corrected chi connectivity index (χ3v) is 9.16. The molecule has 41 heavy (non-hydrogen) atoms. The maximum absolute atomic E-state index is 14.5. The fourth-order valence-corrected chi connectivity index (χ4v) is 7.09. The van der Waals surface area contributed by atoms with Crippen molar-refractivity contribution < 1.29 is 18.8 Å². The second kappa shape index (κ2) is 10.7. The van der Waals surface area contributed by atoms with Crippen LogP contribution in [0.4, 0.5) is 4.39 Å². The molecule has 2 amide bonds. The van der Waals surface area contributed by atoms with Crippen LogP contribution >= 0.6 is 0 Å². The number of hydrogen-bond donors (Lipinski definition) is 1. The number of nitrogens with zero attached hydrogens (tertiary/aromatic N) is 4. The molecule has 216 valence electrons. The van der Waals surface area contributed by atoms with Gasteiger partial charge in [-0.05, 0) is 83.6 Å². The lowest BCUT2D eigenvalue weighted by Crippen LogP contribution is -2.63. The molecule has 2 aromatic heterocycles. The highest BCUT2D eigenvalue weighted by Crippen LogP contribution is 2.36. The summed E-state index contributed by atoms with van der Waals surface area (Å²) in [5.74, 6) is -0.606. The summed E-state index contributed by atoms with van der Waals surface area (Å²) in [5, 5.41) is 4.24. The molecule has 0 unspecified atom stereocenters. The number of likely N-dealkylation sites (tertiary alicyclic amines) is 1. The van der Waals surface area contributed by atoms with Gasteiger partial charge in [-0.25, -0.2) is 4.39 Å². The van der Waals surface area contributed by atoms with E-state index in [2.05, 4.69) is 10.3 Å². The van der Waals surface area contributed by atoms with Gasteiger partial charge in [0.2, 0.25) is 5.91 Å². The summed E-state index contributed by atoms with van der Waals surface area (Å²) in [7, 11) is 0. The fourth-order valence-electron chi connectivity index (χ4n) is 7.09. The third kappa shape index (κ3) is 4.84. The Morgan fingerprint density at radius 1 is 1.00 bits per heavy atom. The number of carbonyl (C=O) groups is 3. The molecular formula is C32H38FN5O3. The monoisotopic (exact) mass is 559 g/mol. The summed E-state index contributed by atoms with van der Waals surface area (Å²) in [6.45, 7) is 8.55. The molecule has 1 saturated carbocycles. The van der Waals surface area contributed by atoms with Crippen molar-refractivity contribution in [1.82, 2.24) is 24.7 Å². The van der Waals surface area contributed by atoms with Gasteiger partial charge < -0.3 is 19.7 Å². The van der Waals surface area contributed by atoms with Crippen LogP contribution in [0.3, 0.4) is 0 Å². The number of hydrogen-bond acceptors (Lipinski definition) is 5. The summed E-state index contributed by atoms with van der Waals surface area (Å²) >= 11 is 0. The first-order chi connectivity index (χ1) is 19.6. The number of nitrogens with one attached hydrogen (secondary N) is 1. The number of pyridine rings is 1. The summed E-state index contributed by atoms with van der Waals surface area (Å²) in [4.78, 5) is 48.5. The van der Waals surface area contributed by atoms with Gasteiger partial charge in [0, 0.05) is 54.6 Å². The zero-order valence-corrected chi connectivity index (χ0v) is 24.1. The Kier molecular flexibility index (Phi) is 7.18. The van der Waals surface area contributed by atoms with Crippen LogP contribution in [-0.4, -0.2) is 74.2 Å². The van der Waals surface area contributed by atoms with Gasteiger partial charge in [0.05, 0.1) is 34.9 Å². The zero-order valence-electron chi connectivity index (χ0n) is 24.1. The summed E-state index contributed by atoms with van der Waals surface area (Å²) < 4.78 is 16.3. The van der Waals surface area contributed by atoms with Gasteiger partial charge in [-0.2, -0.15) is 0 Å². The van der Waals surface area contributed by atoms with Crippen molar-refractivity contribution in [2.24, 2.45) is 11.8 Å². The standard InChI is InChI=1S/C32H38FN5O3/c1-18(2)38(19(3)4)31(40)25-13-22(33)7-10-27(25)37-17-26(24-11-12-34-14-28(24)37)30(39)21-15-36(16-21)32(41)29-20-5-8-23(35-29)9-6-20/h7,10-14,17-21,23,29,35H,5-6,8-9,15-16H2,1-4H3/t20?,23?,29-/m1/s1. The number of carbonyl (C=O) groups excluding carboxylic acids is 3. The Labute approximate surface area is 239 Å². The maximum atomic E-state index is 14.5. The predicted octanol–water partition coefficient (Wildman–Crippen LogP) is 4.60. The SMILES string of the molecule is CC(C)N(C(=O)c1cc(F)ccc1-n1cc(C(=O)C2CN(C(=O)[C@@H]3NC4CCC3CC4)C2)c2ccncc21)C(C)C. The van der Waals surface area contributed by atoms with E-state index >= 15 is 0 Å². The van der Waals surface area contributed by atoms with Crippen LogP contribution in [0.1, 0.15) is 74.1 Å². The number of aromatic nitrogens is 2. The van der Waals surface area contributed by atoms with E-state index in [-0.39, 0.29) is 47.2 Å². The molecule has 2 bridgehead atoms. The van der Waals surface area contributed by atoms with Crippen LogP contribution in [0.5, 0.6) is 0 Å². The van der Waals surface area contributed by atoms with Crippen LogP contribution in [0.25, 0.3) is 16.6 Å². The van der Waals surface area contributed by atoms with E-state index in [1.165, 1.54) is 12.1 Å². The van der Waals surface area contributed by atoms with Crippen LogP contribution in [-0.2, 0) is 4.79 Å². The van der Waals surface area contributed by atoms with Crippen molar-refractivity contribution in [3.8, 4) is 5.69 Å². The van der Waals surface area contributed by atoms with Gasteiger partial charge >= 0.3 is 0 Å². The third-order valence-electron chi connectivity index (χ3n) is 9.16. The molecule has 1 N–H and O–H groups in total. The number of Topliss-reactive ketones (excluding diaryl/α,β-unsaturated/α-hetero) is 1. The van der Waals surface area contributed by atoms with E-state index in [1.54, 1.807) is 40.2 Å². The summed E-state index contributed by atoms with van der Waals surface area (Å²) in [6.07, 6.45) is 9.51. The normalized spacial score (nSPS) is 22.4. The fraction of sp³-hybridized carbons (Fsp3) is 0.500. The molecule has 0 radical (unpaired) electrons. The van der Waals surface area contributed by atoms with E-state index in [4.69, 9.17) is 0 Å². The van der Waals surface area contributed by atoms with Crippen molar-refractivity contribution in [3.63, 3.8) is 0 Å². The Bertz CT molecular complexity index is 1490. The first-order valence-electron chi connectivity index (χ1n) is 14.8. The lowest BCUT2D eigenvalue weighted by molar-refractivity contribution is -0.142. The molecule has 9 heteroatoms. The quantitative estimate of drug-likeness (QED) is 0.428. The molecule has 1 atom stereocenters. The van der Waals surface area contributed by atoms with Gasteiger partial charge in [0.15, 0.2) is 5.78 Å². The molecule has 4 fully saturated rings. The molecule has 4 aliphatic rings. The molecule has 1 aliphatic carbocycles. The van der Waals surface area contributed by atoms with Gasteiger partial charge in [-0.15, -0.1) is 0 Å². The highest BCUT2D eigenvalue weighted by atomic mass is 19.1. The molecule has 3 aliphatic heterocycles. The van der Waals surface area contributed by atoms with Crippen LogP contribution in [0.2, 0.25) is 0 Å². The largest absolute Gasteiger partial charge is 0.340 e. The van der Waals surface area contributed by atoms with E-state index in [1.807, 2.05) is 32.6 Å². The highest BCUT2D eigenvalue weighted by molar-refractivity contribution is 6.10. The van der Waals surface area contributed by atoms with Crippen molar-refractivity contribution >= 4 is 28.5 Å². The Hall–Kier alpha value is -3.59. The first kappa shape index (κ1) is 27.6. The summed E-state index contributed by atoms with van der Waals surface area (Å²) in [5.41, 5.74) is 1.89. The molecule has 0 spiro atoms. The minimum Gasteiger partial charge on any atom is -0.340 e. The van der Waals surface area contributed by atoms with Crippen molar-refractivity contribution in [1.29, 1.82) is 0 Å². The van der Waals surface area contributed by atoms with E-state index in [0.717, 1.165) is 25.7 Å². The van der Waals surface area contributed by atoms with Crippen LogP contribution < -0.4 is 5.32 Å². The molecule has 3 saturated heterocycles. The van der Waals surface area contributed by atoms with Crippen LogP contribution in [0, 0.1) is 17.7 Å². The molecule has 3 aromatic rings. The number of benzene rings is 1. The lowest BCUT2D eigenvalue weighted by atomic mass is 9.75. The van der Waals surface area contributed by atoms with Gasteiger partial charge in [0.25, 0.3) is 5.91 Å². The second-order valence-corrected chi connectivity index (χ2v) is 12.4. The topological polar surface area (TPSA) is 87.5 Å². The Morgan fingerprint density at radius 2 is 1.71 bits per heavy atom. The number of fused-ring (bicyclic) bond motifs is 4. The van der Waals surface area contributed by atoms with Crippen molar-refractivity contribution in [2.45, 2.75) is 77.5 Å². The van der Waals surface area contributed by atoms with E-state index < -0.39 is 5.82 Å². The molecule has 7 rings (SSSR count). The minimum atomic E-state index is -0.504. The average molecular weight is 560 g/mol. The van der Waals surface area contributed by atoms with E-state index in [0.29, 0.717) is 47.2 Å². The first-order valence-corrected chi connectivity index (χ1v) is 14.8. The molecule has 8 nitrogen and oxygen atoms in total. The van der Waals surface area contributed by atoms with Crippen molar-refractivity contribution in [2.75, 3.05) is 13.1 Å². The highest BCUT2D eigenvalue weighted by Gasteiger charge is 2.45. The lowest BCUT2D eigenvalue weighted by Gasteiger charge is -2.47. The molecule has 1 aromatic carbocycles. The van der Waals surface area contributed by atoms with Crippen LogP contribution in [0.15, 0.2) is 42.9 Å². The van der Waals surface area contributed by atoms with Gasteiger partial charge in [-0.3, -0.25) is 19.4 Å². The molecular weight excluding hydrogens is 521 g/mol. The number of ketones is 1. The van der Waals surface area contributed by atoms with Crippen molar-refractivity contribution in [3.05, 3.63) is 59.8 Å². The Morgan fingerprint density at radius 3 is 2.34 bits per heavy atom. The smallest absolute Gasteiger partial charge is 0.256 e. The maximum Gasteiger partial charge on any atom is 0.256 e. The van der Waals surface area contributed by atoms with E-state index in [9.17, 15) is 18.8 Å². The van der Waals surface area contributed by atoms with Gasteiger partial charge in [-0.1, -0.05) is 0 Å².